The summed E-state index contributed by atoms with van der Waals surface area (Å²) in [6.45, 7) is 0. The van der Waals surface area contributed by atoms with Crippen molar-refractivity contribution < 1.29 is 13.9 Å². The van der Waals surface area contributed by atoms with Crippen molar-refractivity contribution in [2.75, 3.05) is 0 Å². The van der Waals surface area contributed by atoms with Crippen LogP contribution < -0.4 is 0 Å². The predicted octanol–water partition coefficient (Wildman–Crippen LogP) is 1.10. The quantitative estimate of drug-likeness (QED) is 0.784. The fourth-order valence-corrected chi connectivity index (χ4v) is 2.49. The average Bonchev–Trinajstić information content (AvgIpc) is 2.56. The standard InChI is InChI=1S/C10H13F2N3O/c11-10(12)4-6(5-10)15-9-2-1-7(16)3-8(9)13-14-15/h6-7,16H,1-5H2. The van der Waals surface area contributed by atoms with Crippen molar-refractivity contribution in [2.24, 2.45) is 0 Å². The smallest absolute Gasteiger partial charge is 0.252 e. The van der Waals surface area contributed by atoms with E-state index in [9.17, 15) is 13.9 Å². The zero-order valence-corrected chi connectivity index (χ0v) is 8.74. The first kappa shape index (κ1) is 10.1. The third-order valence-electron chi connectivity index (χ3n) is 3.43. The normalized spacial score (nSPS) is 28.6. The highest BCUT2D eigenvalue weighted by Crippen LogP contribution is 2.45. The highest BCUT2D eigenvalue weighted by molar-refractivity contribution is 5.16. The van der Waals surface area contributed by atoms with Gasteiger partial charge in [-0.2, -0.15) is 0 Å². The number of alkyl halides is 2. The van der Waals surface area contributed by atoms with Crippen LogP contribution in [0.25, 0.3) is 0 Å². The molecule has 1 heterocycles. The molecule has 88 valence electrons. The second kappa shape index (κ2) is 3.23. The van der Waals surface area contributed by atoms with Gasteiger partial charge in [-0.05, 0) is 12.8 Å². The Kier molecular flexibility index (Phi) is 2.04. The summed E-state index contributed by atoms with van der Waals surface area (Å²) in [6.07, 6.45) is 1.23. The maximum Gasteiger partial charge on any atom is 0.252 e. The number of nitrogens with zero attached hydrogens (tertiary/aromatic N) is 3. The summed E-state index contributed by atoms with van der Waals surface area (Å²) in [5.74, 6) is -2.53. The van der Waals surface area contributed by atoms with Crippen LogP contribution in [0, 0.1) is 0 Å². The molecule has 0 aliphatic heterocycles. The monoisotopic (exact) mass is 229 g/mol. The van der Waals surface area contributed by atoms with Gasteiger partial charge in [0.1, 0.15) is 0 Å². The number of halogens is 2. The van der Waals surface area contributed by atoms with Crippen molar-refractivity contribution in [2.45, 2.75) is 50.2 Å². The molecule has 1 aromatic heterocycles. The van der Waals surface area contributed by atoms with Crippen LogP contribution in [0.15, 0.2) is 0 Å². The van der Waals surface area contributed by atoms with Gasteiger partial charge in [-0.15, -0.1) is 5.10 Å². The fourth-order valence-electron chi connectivity index (χ4n) is 2.49. The van der Waals surface area contributed by atoms with Gasteiger partial charge in [-0.1, -0.05) is 5.21 Å². The number of rotatable bonds is 1. The summed E-state index contributed by atoms with van der Waals surface area (Å²) in [6, 6.07) is -0.207. The van der Waals surface area contributed by atoms with Crippen LogP contribution >= 0.6 is 0 Å². The van der Waals surface area contributed by atoms with Crippen LogP contribution in [-0.4, -0.2) is 32.1 Å². The summed E-state index contributed by atoms with van der Waals surface area (Å²) in [5.41, 5.74) is 1.71. The van der Waals surface area contributed by atoms with Crippen molar-refractivity contribution in [3.63, 3.8) is 0 Å². The van der Waals surface area contributed by atoms with Gasteiger partial charge in [0.15, 0.2) is 0 Å². The summed E-state index contributed by atoms with van der Waals surface area (Å²) in [5, 5.41) is 17.4. The number of hydrogen-bond donors (Lipinski definition) is 1. The van der Waals surface area contributed by atoms with E-state index in [0.717, 1.165) is 11.4 Å². The Hall–Kier alpha value is -1.04. The molecular formula is C10H13F2N3O. The Morgan fingerprint density at radius 1 is 1.38 bits per heavy atom. The van der Waals surface area contributed by atoms with Gasteiger partial charge in [0.2, 0.25) is 0 Å². The maximum absolute atomic E-state index is 12.8. The first-order valence-electron chi connectivity index (χ1n) is 5.54. The third-order valence-corrected chi connectivity index (χ3v) is 3.43. The summed E-state index contributed by atoms with van der Waals surface area (Å²) < 4.78 is 27.2. The molecule has 6 heteroatoms. The minimum Gasteiger partial charge on any atom is -0.393 e. The molecular weight excluding hydrogens is 216 g/mol. The van der Waals surface area contributed by atoms with Crippen molar-refractivity contribution in [1.82, 2.24) is 15.0 Å². The van der Waals surface area contributed by atoms with E-state index in [0.29, 0.717) is 19.3 Å². The highest BCUT2D eigenvalue weighted by Gasteiger charge is 2.47. The van der Waals surface area contributed by atoms with E-state index < -0.39 is 5.92 Å². The zero-order chi connectivity index (χ0) is 11.3. The molecule has 4 nitrogen and oxygen atoms in total. The first-order valence-corrected chi connectivity index (χ1v) is 5.54. The van der Waals surface area contributed by atoms with Crippen LogP contribution in [0.2, 0.25) is 0 Å². The Morgan fingerprint density at radius 2 is 2.12 bits per heavy atom. The Labute approximate surface area is 91.3 Å². The predicted molar refractivity (Wildman–Crippen MR) is 51.3 cm³/mol. The lowest BCUT2D eigenvalue weighted by molar-refractivity contribution is -0.107. The van der Waals surface area contributed by atoms with E-state index in [4.69, 9.17) is 0 Å². The van der Waals surface area contributed by atoms with E-state index in [1.54, 1.807) is 4.68 Å². The first-order chi connectivity index (χ1) is 7.55. The summed E-state index contributed by atoms with van der Waals surface area (Å²) >= 11 is 0. The van der Waals surface area contributed by atoms with Crippen LogP contribution in [0.3, 0.4) is 0 Å². The van der Waals surface area contributed by atoms with Gasteiger partial charge < -0.3 is 5.11 Å². The largest absolute Gasteiger partial charge is 0.393 e. The molecule has 0 bridgehead atoms. The third kappa shape index (κ3) is 1.52. The number of aliphatic hydroxyl groups excluding tert-OH is 1. The van der Waals surface area contributed by atoms with Crippen LogP contribution in [0.1, 0.15) is 36.7 Å². The van der Waals surface area contributed by atoms with Gasteiger partial charge >= 0.3 is 0 Å². The van der Waals surface area contributed by atoms with E-state index >= 15 is 0 Å². The van der Waals surface area contributed by atoms with Gasteiger partial charge in [0.05, 0.1) is 23.5 Å². The summed E-state index contributed by atoms with van der Waals surface area (Å²) in [4.78, 5) is 0. The van der Waals surface area contributed by atoms with Crippen LogP contribution in [0.4, 0.5) is 8.78 Å². The second-order valence-electron chi connectivity index (χ2n) is 4.74. The van der Waals surface area contributed by atoms with Crippen molar-refractivity contribution in [3.8, 4) is 0 Å². The fraction of sp³-hybridized carbons (Fsp3) is 0.800. The minimum absolute atomic E-state index is 0.134. The summed E-state index contributed by atoms with van der Waals surface area (Å²) in [7, 11) is 0. The molecule has 1 unspecified atom stereocenters. The molecule has 2 aliphatic carbocycles. The SMILES string of the molecule is OC1CCc2c(nnn2C2CC(F)(F)C2)C1. The number of fused-ring (bicyclic) bond motifs is 1. The molecule has 1 fully saturated rings. The van der Waals surface area contributed by atoms with Crippen molar-refractivity contribution in [3.05, 3.63) is 11.4 Å². The zero-order valence-electron chi connectivity index (χ0n) is 8.74. The molecule has 16 heavy (non-hydrogen) atoms. The maximum atomic E-state index is 12.8. The molecule has 0 aromatic carbocycles. The second-order valence-corrected chi connectivity index (χ2v) is 4.74. The van der Waals surface area contributed by atoms with E-state index in [-0.39, 0.29) is 25.0 Å². The Morgan fingerprint density at radius 3 is 2.81 bits per heavy atom. The molecule has 3 rings (SSSR count). The lowest BCUT2D eigenvalue weighted by Crippen LogP contribution is -2.38. The van der Waals surface area contributed by atoms with Gasteiger partial charge in [-0.25, -0.2) is 13.5 Å². The molecule has 0 saturated heterocycles. The van der Waals surface area contributed by atoms with E-state index in [1.165, 1.54) is 0 Å². The molecule has 2 aliphatic rings. The lowest BCUT2D eigenvalue weighted by atomic mass is 9.87. The molecule has 0 spiro atoms. The average molecular weight is 229 g/mol. The molecule has 1 atom stereocenters. The Bertz CT molecular complexity index is 410. The molecule has 0 amide bonds. The lowest BCUT2D eigenvalue weighted by Gasteiger charge is -2.35. The van der Waals surface area contributed by atoms with Crippen molar-refractivity contribution >= 4 is 0 Å². The van der Waals surface area contributed by atoms with Crippen LogP contribution in [-0.2, 0) is 12.8 Å². The number of aromatic nitrogens is 3. The van der Waals surface area contributed by atoms with Crippen molar-refractivity contribution in [1.29, 1.82) is 0 Å². The van der Waals surface area contributed by atoms with Gasteiger partial charge in [-0.3, -0.25) is 0 Å². The Balaban J connectivity index is 1.82. The number of hydrogen-bond acceptors (Lipinski definition) is 3. The van der Waals surface area contributed by atoms with Crippen LogP contribution in [0.5, 0.6) is 0 Å². The molecule has 1 N–H and O–H groups in total. The van der Waals surface area contributed by atoms with E-state index in [1.807, 2.05) is 0 Å². The highest BCUT2D eigenvalue weighted by atomic mass is 19.3. The number of aliphatic hydroxyl groups is 1. The molecule has 1 aromatic rings. The minimum atomic E-state index is -2.53. The van der Waals surface area contributed by atoms with Gasteiger partial charge in [0.25, 0.3) is 5.92 Å². The topological polar surface area (TPSA) is 50.9 Å². The molecule has 1 saturated carbocycles. The molecule has 0 radical (unpaired) electrons. The van der Waals surface area contributed by atoms with E-state index in [2.05, 4.69) is 10.3 Å². The van der Waals surface area contributed by atoms with Gasteiger partial charge in [0, 0.05) is 19.3 Å².